The molecule has 1 amide bonds. The molecule has 2 bridgehead atoms. The fraction of sp³-hybridized carbons (Fsp3) is 0.562. The van der Waals surface area contributed by atoms with Gasteiger partial charge in [0.05, 0.1) is 5.02 Å². The van der Waals surface area contributed by atoms with Gasteiger partial charge in [-0.05, 0) is 61.1 Å². The van der Waals surface area contributed by atoms with Crippen LogP contribution in [-0.2, 0) is 10.0 Å². The predicted octanol–water partition coefficient (Wildman–Crippen LogP) is 1.61. The van der Waals surface area contributed by atoms with Gasteiger partial charge in [-0.1, -0.05) is 11.6 Å². The number of nitrogens with zero attached hydrogens (tertiary/aromatic N) is 1. The number of carbonyl (C=O) groups excluding carboxylic acids is 1. The van der Waals surface area contributed by atoms with Crippen LogP contribution in [-0.4, -0.2) is 32.4 Å². The average Bonchev–Trinajstić information content (AvgIpc) is 3.18. The van der Waals surface area contributed by atoms with Crippen LogP contribution in [0.4, 0.5) is 0 Å². The Morgan fingerprint density at radius 1 is 1.21 bits per heavy atom. The molecule has 2 aliphatic carbocycles. The molecular weight excluding hydrogens is 350 g/mol. The number of halogens is 1. The second kappa shape index (κ2) is 5.69. The van der Waals surface area contributed by atoms with Crippen molar-refractivity contribution in [3.8, 4) is 0 Å². The summed E-state index contributed by atoms with van der Waals surface area (Å²) < 4.78 is 23.1. The Hall–Kier alpha value is -1.15. The van der Waals surface area contributed by atoms with Crippen LogP contribution in [0.15, 0.2) is 23.1 Å². The standard InChI is InChI=1S/C16H20ClN3O3S/c17-14-4-3-11(6-15(14)24(18,22)23)16(21)19-20-7-12-9-1-2-10(5-9)13(12)8-20/h3-4,6,9-10,12-13H,1-2,5,7-8H2,(H,19,21)(H2,18,22,23)/t9-,10+,12-,13+. The minimum Gasteiger partial charge on any atom is -0.285 e. The second-order valence-electron chi connectivity index (χ2n) is 7.20. The minimum atomic E-state index is -3.96. The Kier molecular flexibility index (Phi) is 3.87. The Balaban J connectivity index is 1.48. The van der Waals surface area contributed by atoms with Crippen molar-refractivity contribution in [3.63, 3.8) is 0 Å². The normalized spacial score (nSPS) is 32.1. The van der Waals surface area contributed by atoms with Crippen LogP contribution >= 0.6 is 11.6 Å². The predicted molar refractivity (Wildman–Crippen MR) is 89.7 cm³/mol. The molecule has 0 unspecified atom stereocenters. The molecule has 3 aliphatic rings. The van der Waals surface area contributed by atoms with E-state index in [1.807, 2.05) is 5.01 Å². The van der Waals surface area contributed by atoms with E-state index in [0.29, 0.717) is 11.8 Å². The summed E-state index contributed by atoms with van der Waals surface area (Å²) in [5.74, 6) is 2.67. The van der Waals surface area contributed by atoms with Gasteiger partial charge in [-0.3, -0.25) is 10.2 Å². The molecule has 1 aliphatic heterocycles. The van der Waals surface area contributed by atoms with Crippen molar-refractivity contribution in [2.24, 2.45) is 28.8 Å². The number of benzene rings is 1. The molecule has 4 rings (SSSR count). The van der Waals surface area contributed by atoms with E-state index in [9.17, 15) is 13.2 Å². The highest BCUT2D eigenvalue weighted by molar-refractivity contribution is 7.89. The maximum Gasteiger partial charge on any atom is 0.265 e. The first kappa shape index (κ1) is 16.3. The molecule has 3 fully saturated rings. The summed E-state index contributed by atoms with van der Waals surface area (Å²) in [4.78, 5) is 12.2. The van der Waals surface area contributed by atoms with Crippen LogP contribution < -0.4 is 10.6 Å². The lowest BCUT2D eigenvalue weighted by atomic mass is 9.82. The number of primary sulfonamides is 1. The third-order valence-corrected chi connectivity index (χ3v) is 7.29. The van der Waals surface area contributed by atoms with Gasteiger partial charge in [-0.25, -0.2) is 18.6 Å². The molecule has 0 spiro atoms. The average molecular weight is 370 g/mol. The Morgan fingerprint density at radius 2 is 1.83 bits per heavy atom. The van der Waals surface area contributed by atoms with Gasteiger partial charge in [0.1, 0.15) is 4.90 Å². The van der Waals surface area contributed by atoms with E-state index in [1.54, 1.807) is 0 Å². The molecule has 1 saturated heterocycles. The quantitative estimate of drug-likeness (QED) is 0.846. The molecule has 24 heavy (non-hydrogen) atoms. The van der Waals surface area contributed by atoms with Crippen LogP contribution in [0.25, 0.3) is 0 Å². The molecule has 0 radical (unpaired) electrons. The molecule has 3 N–H and O–H groups in total. The third kappa shape index (κ3) is 2.73. The third-order valence-electron chi connectivity index (χ3n) is 5.90. The fourth-order valence-corrected chi connectivity index (χ4v) is 5.92. The molecule has 0 aromatic heterocycles. The number of hydrogen-bond donors (Lipinski definition) is 2. The van der Waals surface area contributed by atoms with Crippen molar-refractivity contribution < 1.29 is 13.2 Å². The molecule has 1 aromatic carbocycles. The van der Waals surface area contributed by atoms with Crippen molar-refractivity contribution in [1.82, 2.24) is 10.4 Å². The second-order valence-corrected chi connectivity index (χ2v) is 9.13. The molecule has 6 nitrogen and oxygen atoms in total. The molecule has 8 heteroatoms. The zero-order chi connectivity index (χ0) is 17.1. The van der Waals surface area contributed by atoms with Crippen LogP contribution in [0.3, 0.4) is 0 Å². The van der Waals surface area contributed by atoms with Gasteiger partial charge in [0.25, 0.3) is 5.91 Å². The van der Waals surface area contributed by atoms with Gasteiger partial charge in [-0.2, -0.15) is 0 Å². The van der Waals surface area contributed by atoms with Gasteiger partial charge in [-0.15, -0.1) is 0 Å². The highest BCUT2D eigenvalue weighted by atomic mass is 35.5. The first-order valence-electron chi connectivity index (χ1n) is 8.21. The van der Waals surface area contributed by atoms with E-state index in [1.165, 1.54) is 37.5 Å². The lowest BCUT2D eigenvalue weighted by Crippen LogP contribution is -2.41. The fourth-order valence-electron chi connectivity index (χ4n) is 4.84. The van der Waals surface area contributed by atoms with Crippen molar-refractivity contribution in [1.29, 1.82) is 0 Å². The van der Waals surface area contributed by atoms with Gasteiger partial charge in [0, 0.05) is 18.7 Å². The van der Waals surface area contributed by atoms with Crippen molar-refractivity contribution in [2.75, 3.05) is 13.1 Å². The lowest BCUT2D eigenvalue weighted by Gasteiger charge is -2.22. The summed E-state index contributed by atoms with van der Waals surface area (Å²) in [6.07, 6.45) is 4.00. The lowest BCUT2D eigenvalue weighted by molar-refractivity contribution is 0.0809. The summed E-state index contributed by atoms with van der Waals surface area (Å²) in [7, 11) is -3.96. The van der Waals surface area contributed by atoms with Crippen LogP contribution in [0.5, 0.6) is 0 Å². The van der Waals surface area contributed by atoms with Crippen molar-refractivity contribution >= 4 is 27.5 Å². The van der Waals surface area contributed by atoms with Crippen LogP contribution in [0.2, 0.25) is 5.02 Å². The summed E-state index contributed by atoms with van der Waals surface area (Å²) in [5, 5.41) is 7.13. The number of rotatable bonds is 3. The molecule has 4 atom stereocenters. The summed E-state index contributed by atoms with van der Waals surface area (Å²) >= 11 is 5.86. The first-order valence-corrected chi connectivity index (χ1v) is 10.1. The van der Waals surface area contributed by atoms with E-state index in [4.69, 9.17) is 16.7 Å². The van der Waals surface area contributed by atoms with E-state index in [2.05, 4.69) is 5.43 Å². The van der Waals surface area contributed by atoms with Gasteiger partial charge in [0.2, 0.25) is 10.0 Å². The maximum absolute atomic E-state index is 12.5. The molecular formula is C16H20ClN3O3S. The highest BCUT2D eigenvalue weighted by Gasteiger charge is 2.51. The number of nitrogens with one attached hydrogen (secondary N) is 1. The SMILES string of the molecule is NS(=O)(=O)c1cc(C(=O)NN2C[C@@H]3[C@@H]4CC[C@@H](C4)[C@@H]3C2)ccc1Cl. The van der Waals surface area contributed by atoms with Crippen molar-refractivity contribution in [3.05, 3.63) is 28.8 Å². The van der Waals surface area contributed by atoms with Gasteiger partial charge < -0.3 is 0 Å². The number of hydrogen-bond acceptors (Lipinski definition) is 4. The summed E-state index contributed by atoms with van der Waals surface area (Å²) in [6, 6.07) is 4.12. The first-order chi connectivity index (χ1) is 11.3. The molecule has 1 aromatic rings. The monoisotopic (exact) mass is 369 g/mol. The Labute approximate surface area is 146 Å². The van der Waals surface area contributed by atoms with Crippen molar-refractivity contribution in [2.45, 2.75) is 24.2 Å². The summed E-state index contributed by atoms with van der Waals surface area (Å²) in [5.41, 5.74) is 3.15. The van der Waals surface area contributed by atoms with E-state index >= 15 is 0 Å². The van der Waals surface area contributed by atoms with Crippen LogP contribution in [0, 0.1) is 23.7 Å². The zero-order valence-electron chi connectivity index (χ0n) is 13.1. The molecule has 1 heterocycles. The van der Waals surface area contributed by atoms with E-state index in [0.717, 1.165) is 24.9 Å². The number of sulfonamides is 1. The van der Waals surface area contributed by atoms with Gasteiger partial charge >= 0.3 is 0 Å². The Bertz CT molecular complexity index is 780. The molecule has 130 valence electrons. The minimum absolute atomic E-state index is 0.0151. The number of nitrogens with two attached hydrogens (primary N) is 1. The number of carbonyl (C=O) groups is 1. The topological polar surface area (TPSA) is 92.5 Å². The number of amides is 1. The van der Waals surface area contributed by atoms with E-state index < -0.39 is 10.0 Å². The summed E-state index contributed by atoms with van der Waals surface area (Å²) in [6.45, 7) is 1.76. The van der Waals surface area contributed by atoms with Crippen LogP contribution in [0.1, 0.15) is 29.6 Å². The number of fused-ring (bicyclic) bond motifs is 5. The zero-order valence-corrected chi connectivity index (χ0v) is 14.7. The highest BCUT2D eigenvalue weighted by Crippen LogP contribution is 2.54. The van der Waals surface area contributed by atoms with E-state index in [-0.39, 0.29) is 21.4 Å². The smallest absolute Gasteiger partial charge is 0.265 e. The number of hydrazine groups is 1. The Morgan fingerprint density at radius 3 is 2.42 bits per heavy atom. The molecule has 2 saturated carbocycles. The largest absolute Gasteiger partial charge is 0.285 e. The van der Waals surface area contributed by atoms with Gasteiger partial charge in [0.15, 0.2) is 0 Å². The maximum atomic E-state index is 12.5.